The Balaban J connectivity index is 1.71. The Kier molecular flexibility index (Phi) is 4.86. The molecule has 0 atom stereocenters. The number of benzene rings is 2. The number of ether oxygens (including phenoxy) is 1. The molecule has 2 aromatic carbocycles. The molecular formula is C18H20ClN2O. The van der Waals surface area contributed by atoms with Gasteiger partial charge in [-0.05, 0) is 30.5 Å². The molecule has 0 aromatic heterocycles. The molecule has 1 aliphatic heterocycles. The molecule has 0 unspecified atom stereocenters. The monoisotopic (exact) mass is 315 g/mol. The van der Waals surface area contributed by atoms with E-state index in [-0.39, 0.29) is 0 Å². The third kappa shape index (κ3) is 3.54. The molecule has 1 saturated heterocycles. The van der Waals surface area contributed by atoms with E-state index in [0.29, 0.717) is 23.4 Å². The topological polar surface area (TPSA) is 38.5 Å². The molecule has 2 N–H and O–H groups in total. The minimum Gasteiger partial charge on any atom is -0.487 e. The zero-order valence-corrected chi connectivity index (χ0v) is 13.2. The molecular weight excluding hydrogens is 296 g/mol. The molecule has 1 fully saturated rings. The molecule has 1 heterocycles. The second-order valence-corrected chi connectivity index (χ2v) is 5.98. The number of hydrogen-bond donors (Lipinski definition) is 1. The van der Waals surface area contributed by atoms with Crippen LogP contribution >= 0.6 is 11.6 Å². The van der Waals surface area contributed by atoms with Gasteiger partial charge in [0, 0.05) is 25.2 Å². The van der Waals surface area contributed by atoms with Crippen molar-refractivity contribution in [2.24, 2.45) is 5.73 Å². The molecule has 3 nitrogen and oxygen atoms in total. The molecule has 3 rings (SSSR count). The number of rotatable bonds is 4. The van der Waals surface area contributed by atoms with Gasteiger partial charge in [0.2, 0.25) is 0 Å². The smallest absolute Gasteiger partial charge is 0.140 e. The summed E-state index contributed by atoms with van der Waals surface area (Å²) >= 11 is 6.52. The maximum absolute atomic E-state index is 6.52. The first kappa shape index (κ1) is 15.2. The minimum absolute atomic E-state index is 0.299. The lowest BCUT2D eigenvalue weighted by atomic mass is 10.1. The molecule has 0 spiro atoms. The van der Waals surface area contributed by atoms with Crippen molar-refractivity contribution in [3.8, 4) is 5.75 Å². The van der Waals surface area contributed by atoms with Crippen LogP contribution in [0.15, 0.2) is 42.5 Å². The average Bonchev–Trinajstić information content (AvgIpc) is 2.56. The van der Waals surface area contributed by atoms with E-state index in [0.717, 1.165) is 37.2 Å². The molecule has 115 valence electrons. The Hall–Kier alpha value is -1.71. The molecule has 0 aliphatic carbocycles. The average molecular weight is 316 g/mol. The fourth-order valence-corrected chi connectivity index (χ4v) is 2.94. The van der Waals surface area contributed by atoms with Crippen molar-refractivity contribution >= 4 is 17.3 Å². The highest BCUT2D eigenvalue weighted by Gasteiger charge is 2.20. The Morgan fingerprint density at radius 3 is 2.64 bits per heavy atom. The van der Waals surface area contributed by atoms with Crippen LogP contribution in [-0.2, 0) is 6.61 Å². The summed E-state index contributed by atoms with van der Waals surface area (Å²) in [5.74, 6) is 0.703. The van der Waals surface area contributed by atoms with E-state index in [2.05, 4.69) is 11.0 Å². The van der Waals surface area contributed by atoms with E-state index < -0.39 is 0 Å². The van der Waals surface area contributed by atoms with Gasteiger partial charge >= 0.3 is 0 Å². The van der Waals surface area contributed by atoms with Crippen molar-refractivity contribution in [3.05, 3.63) is 59.1 Å². The van der Waals surface area contributed by atoms with Crippen LogP contribution in [-0.4, -0.2) is 19.1 Å². The van der Waals surface area contributed by atoms with Crippen molar-refractivity contribution in [3.63, 3.8) is 0 Å². The van der Waals surface area contributed by atoms with E-state index in [4.69, 9.17) is 22.1 Å². The minimum atomic E-state index is 0.299. The Bertz CT molecular complexity index is 610. The van der Waals surface area contributed by atoms with Crippen molar-refractivity contribution in [1.29, 1.82) is 0 Å². The van der Waals surface area contributed by atoms with Crippen molar-refractivity contribution < 1.29 is 4.74 Å². The van der Waals surface area contributed by atoms with Crippen LogP contribution in [0.4, 0.5) is 5.69 Å². The first-order valence-electron chi connectivity index (χ1n) is 7.61. The summed E-state index contributed by atoms with van der Waals surface area (Å²) in [7, 11) is 0. The van der Waals surface area contributed by atoms with E-state index in [1.165, 1.54) is 0 Å². The van der Waals surface area contributed by atoms with E-state index >= 15 is 0 Å². The SMILES string of the molecule is NC1CCN(c2[c]ccc(OCc3ccccc3)c2Cl)CC1. The second kappa shape index (κ2) is 7.03. The summed E-state index contributed by atoms with van der Waals surface area (Å²) < 4.78 is 5.87. The maximum Gasteiger partial charge on any atom is 0.140 e. The van der Waals surface area contributed by atoms with Crippen LogP contribution in [0, 0.1) is 6.07 Å². The van der Waals surface area contributed by atoms with Gasteiger partial charge in [-0.3, -0.25) is 0 Å². The Morgan fingerprint density at radius 1 is 1.18 bits per heavy atom. The lowest BCUT2D eigenvalue weighted by Gasteiger charge is -2.32. The standard InChI is InChI=1S/C18H20ClN2O/c19-18-16(21-11-9-15(20)10-12-21)7-4-8-17(18)22-13-14-5-2-1-3-6-14/h1-6,8,15H,9-13,20H2. The molecule has 2 aromatic rings. The van der Waals surface area contributed by atoms with Gasteiger partial charge in [-0.15, -0.1) is 0 Å². The van der Waals surface area contributed by atoms with Gasteiger partial charge in [-0.25, -0.2) is 0 Å². The van der Waals surface area contributed by atoms with Crippen LogP contribution in [0.1, 0.15) is 18.4 Å². The molecule has 0 bridgehead atoms. The summed E-state index contributed by atoms with van der Waals surface area (Å²) in [6, 6.07) is 17.3. The first-order valence-corrected chi connectivity index (χ1v) is 7.99. The zero-order valence-electron chi connectivity index (χ0n) is 12.5. The maximum atomic E-state index is 6.52. The number of halogens is 1. The third-order valence-corrected chi connectivity index (χ3v) is 4.34. The van der Waals surface area contributed by atoms with Crippen LogP contribution in [0.5, 0.6) is 5.75 Å². The van der Waals surface area contributed by atoms with E-state index in [1.54, 1.807) is 0 Å². The summed E-state index contributed by atoms with van der Waals surface area (Å²) in [6.07, 6.45) is 1.97. The predicted octanol–water partition coefficient (Wildman–Crippen LogP) is 3.65. The fourth-order valence-electron chi connectivity index (χ4n) is 2.65. The van der Waals surface area contributed by atoms with Crippen LogP contribution in [0.25, 0.3) is 0 Å². The highest BCUT2D eigenvalue weighted by atomic mass is 35.5. The largest absolute Gasteiger partial charge is 0.487 e. The van der Waals surface area contributed by atoms with Gasteiger partial charge in [0.15, 0.2) is 0 Å². The molecule has 1 aliphatic rings. The van der Waals surface area contributed by atoms with Crippen LogP contribution in [0.2, 0.25) is 5.02 Å². The Labute approximate surface area is 136 Å². The van der Waals surface area contributed by atoms with Crippen LogP contribution in [0.3, 0.4) is 0 Å². The Morgan fingerprint density at radius 2 is 1.91 bits per heavy atom. The van der Waals surface area contributed by atoms with Crippen LogP contribution < -0.4 is 15.4 Å². The normalized spacial score (nSPS) is 15.8. The lowest BCUT2D eigenvalue weighted by Crippen LogP contribution is -2.39. The van der Waals surface area contributed by atoms with Crippen molar-refractivity contribution in [2.45, 2.75) is 25.5 Å². The van der Waals surface area contributed by atoms with E-state index in [1.807, 2.05) is 42.5 Å². The molecule has 1 radical (unpaired) electrons. The number of anilines is 1. The van der Waals surface area contributed by atoms with Gasteiger partial charge in [0.05, 0.1) is 5.69 Å². The summed E-state index contributed by atoms with van der Waals surface area (Å²) in [5.41, 5.74) is 8.00. The highest BCUT2D eigenvalue weighted by Crippen LogP contribution is 2.35. The quantitative estimate of drug-likeness (QED) is 0.936. The fraction of sp³-hybridized carbons (Fsp3) is 0.333. The van der Waals surface area contributed by atoms with Gasteiger partial charge in [0.25, 0.3) is 0 Å². The molecule has 22 heavy (non-hydrogen) atoms. The number of hydrogen-bond acceptors (Lipinski definition) is 3. The zero-order chi connectivity index (χ0) is 15.4. The summed E-state index contributed by atoms with van der Waals surface area (Å²) in [5, 5.41) is 0.633. The number of nitrogens with zero attached hydrogens (tertiary/aromatic N) is 1. The van der Waals surface area contributed by atoms with Gasteiger partial charge in [0.1, 0.15) is 17.4 Å². The molecule has 4 heteroatoms. The second-order valence-electron chi connectivity index (χ2n) is 5.60. The van der Waals surface area contributed by atoms with E-state index in [9.17, 15) is 0 Å². The third-order valence-electron chi connectivity index (χ3n) is 3.97. The molecule has 0 amide bonds. The highest BCUT2D eigenvalue weighted by molar-refractivity contribution is 6.34. The predicted molar refractivity (Wildman–Crippen MR) is 90.5 cm³/mol. The van der Waals surface area contributed by atoms with Gasteiger partial charge < -0.3 is 15.4 Å². The number of piperidine rings is 1. The van der Waals surface area contributed by atoms with Crippen molar-refractivity contribution in [1.82, 2.24) is 0 Å². The number of nitrogens with two attached hydrogens (primary N) is 1. The van der Waals surface area contributed by atoms with Gasteiger partial charge in [-0.2, -0.15) is 0 Å². The summed E-state index contributed by atoms with van der Waals surface area (Å²) in [4.78, 5) is 2.24. The first-order chi connectivity index (χ1) is 10.7. The lowest BCUT2D eigenvalue weighted by molar-refractivity contribution is 0.306. The van der Waals surface area contributed by atoms with Crippen molar-refractivity contribution in [2.75, 3.05) is 18.0 Å². The van der Waals surface area contributed by atoms with Gasteiger partial charge in [-0.1, -0.05) is 41.9 Å². The molecule has 0 saturated carbocycles. The summed E-state index contributed by atoms with van der Waals surface area (Å²) in [6.45, 7) is 2.34.